The molecule has 0 saturated carbocycles. The zero-order chi connectivity index (χ0) is 29.4. The Morgan fingerprint density at radius 2 is 1.68 bits per heavy atom. The highest BCUT2D eigenvalue weighted by Crippen LogP contribution is 2.27. The smallest absolute Gasteiger partial charge is 0.264 e. The number of benzene rings is 3. The third-order valence-corrected chi connectivity index (χ3v) is 8.66. The number of nitrogens with one attached hydrogen (secondary N) is 1. The van der Waals surface area contributed by atoms with E-state index in [0.717, 1.165) is 21.9 Å². The highest BCUT2D eigenvalue weighted by atomic mass is 35.5. The van der Waals surface area contributed by atoms with Crippen LogP contribution in [0.25, 0.3) is 0 Å². The number of hydrogen-bond donors (Lipinski definition) is 1. The summed E-state index contributed by atoms with van der Waals surface area (Å²) in [7, 11) is -2.62. The summed E-state index contributed by atoms with van der Waals surface area (Å²) in [6.07, 6.45) is 0.722. The molecular weight excluding hydrogens is 550 g/mol. The largest absolute Gasteiger partial charge is 0.497 e. The molecule has 0 heterocycles. The molecule has 0 fully saturated rings. The van der Waals surface area contributed by atoms with E-state index in [1.807, 2.05) is 26.8 Å². The number of hydrogen-bond acceptors (Lipinski definition) is 5. The number of carbonyl (C=O) groups is 2. The van der Waals surface area contributed by atoms with Gasteiger partial charge in [-0.15, -0.1) is 0 Å². The molecule has 8 nitrogen and oxygen atoms in total. The molecule has 3 aromatic rings. The van der Waals surface area contributed by atoms with Gasteiger partial charge in [-0.3, -0.25) is 13.9 Å². The summed E-state index contributed by atoms with van der Waals surface area (Å²) in [5, 5.41) is 3.24. The average Bonchev–Trinajstić information content (AvgIpc) is 2.94. The summed E-state index contributed by atoms with van der Waals surface area (Å²) in [6, 6.07) is 18.9. The fourth-order valence-corrected chi connectivity index (χ4v) is 5.60. The number of halogens is 1. The van der Waals surface area contributed by atoms with Gasteiger partial charge in [0.05, 0.1) is 17.7 Å². The number of methoxy groups -OCH3 is 1. The molecule has 0 aliphatic heterocycles. The maximum Gasteiger partial charge on any atom is 0.264 e. The summed E-state index contributed by atoms with van der Waals surface area (Å²) >= 11 is 6.21. The van der Waals surface area contributed by atoms with Crippen LogP contribution >= 0.6 is 11.6 Å². The number of sulfonamides is 1. The van der Waals surface area contributed by atoms with Gasteiger partial charge in [-0.2, -0.15) is 0 Å². The Hall–Kier alpha value is -3.56. The molecule has 0 bridgehead atoms. The molecule has 2 atom stereocenters. The molecule has 40 heavy (non-hydrogen) atoms. The van der Waals surface area contributed by atoms with Gasteiger partial charge in [0.15, 0.2) is 0 Å². The highest BCUT2D eigenvalue weighted by molar-refractivity contribution is 7.92. The molecular formula is C30H36ClN3O5S. The van der Waals surface area contributed by atoms with Crippen LogP contribution in [0.2, 0.25) is 5.02 Å². The Morgan fingerprint density at radius 1 is 1.00 bits per heavy atom. The first-order valence-electron chi connectivity index (χ1n) is 13.0. The maximum absolute atomic E-state index is 14.0. The first-order valence-corrected chi connectivity index (χ1v) is 14.9. The summed E-state index contributed by atoms with van der Waals surface area (Å²) < 4.78 is 34.1. The van der Waals surface area contributed by atoms with Crippen molar-refractivity contribution in [3.63, 3.8) is 0 Å². The average molecular weight is 586 g/mol. The molecule has 0 aromatic heterocycles. The van der Waals surface area contributed by atoms with E-state index >= 15 is 0 Å². The number of amides is 2. The molecule has 214 valence electrons. The molecule has 2 amide bonds. The zero-order valence-corrected chi connectivity index (χ0v) is 25.0. The third-order valence-electron chi connectivity index (χ3n) is 6.64. The van der Waals surface area contributed by atoms with E-state index in [0.29, 0.717) is 10.8 Å². The first-order chi connectivity index (χ1) is 19.0. The monoisotopic (exact) mass is 585 g/mol. The molecule has 0 radical (unpaired) electrons. The minimum Gasteiger partial charge on any atom is -0.497 e. The number of aryl methyl sites for hydroxylation is 1. The number of carbonyl (C=O) groups excluding carboxylic acids is 2. The van der Waals surface area contributed by atoms with Crippen molar-refractivity contribution in [3.05, 3.63) is 88.9 Å². The Morgan fingerprint density at radius 3 is 2.30 bits per heavy atom. The van der Waals surface area contributed by atoms with E-state index < -0.39 is 28.5 Å². The van der Waals surface area contributed by atoms with Gasteiger partial charge in [-0.05, 0) is 75.2 Å². The van der Waals surface area contributed by atoms with Gasteiger partial charge in [0.25, 0.3) is 10.0 Å². The van der Waals surface area contributed by atoms with Crippen molar-refractivity contribution < 1.29 is 22.7 Å². The molecule has 3 rings (SSSR count). The summed E-state index contributed by atoms with van der Waals surface area (Å²) in [5.41, 5.74) is 1.86. The van der Waals surface area contributed by atoms with E-state index in [1.54, 1.807) is 62.6 Å². The molecule has 0 saturated heterocycles. The number of nitrogens with zero attached hydrogens (tertiary/aromatic N) is 2. The van der Waals surface area contributed by atoms with Crippen LogP contribution in [0.15, 0.2) is 77.7 Å². The zero-order valence-electron chi connectivity index (χ0n) is 23.4. The summed E-state index contributed by atoms with van der Waals surface area (Å²) in [6.45, 7) is 6.85. The fraction of sp³-hybridized carbons (Fsp3) is 0.333. The molecule has 10 heteroatoms. The van der Waals surface area contributed by atoms with Crippen molar-refractivity contribution in [1.82, 2.24) is 10.2 Å². The van der Waals surface area contributed by atoms with E-state index in [-0.39, 0.29) is 29.1 Å². The van der Waals surface area contributed by atoms with Gasteiger partial charge in [0.2, 0.25) is 11.8 Å². The van der Waals surface area contributed by atoms with E-state index in [2.05, 4.69) is 5.32 Å². The predicted molar refractivity (Wildman–Crippen MR) is 158 cm³/mol. The second-order valence-electron chi connectivity index (χ2n) is 9.67. The van der Waals surface area contributed by atoms with Gasteiger partial charge in [0, 0.05) is 17.6 Å². The standard InChI is InChI=1S/C30H36ClN3O5S/c1-6-22(3)32-30(36)23(4)33(19-24-9-7-12-27(17-24)39-5)29(35)20-34(26-11-8-10-25(31)18-26)40(37,38)28-15-13-21(2)14-16-28/h7-18,22-23H,6,19-20H2,1-5H3,(H,32,36)/t22-,23-/m0/s1. The fourth-order valence-electron chi connectivity index (χ4n) is 4.01. The van der Waals surface area contributed by atoms with Crippen LogP contribution in [0.3, 0.4) is 0 Å². The molecule has 0 aliphatic carbocycles. The lowest BCUT2D eigenvalue weighted by atomic mass is 10.1. The van der Waals surface area contributed by atoms with Crippen LogP contribution in [0, 0.1) is 6.92 Å². The van der Waals surface area contributed by atoms with Gasteiger partial charge < -0.3 is 15.0 Å². The Kier molecular flexibility index (Phi) is 10.6. The predicted octanol–water partition coefficient (Wildman–Crippen LogP) is 5.18. The van der Waals surface area contributed by atoms with Gasteiger partial charge >= 0.3 is 0 Å². The topological polar surface area (TPSA) is 96.0 Å². The molecule has 3 aromatic carbocycles. The van der Waals surface area contributed by atoms with Crippen molar-refractivity contribution in [3.8, 4) is 5.75 Å². The van der Waals surface area contributed by atoms with Crippen LogP contribution < -0.4 is 14.4 Å². The number of ether oxygens (including phenoxy) is 1. The van der Waals surface area contributed by atoms with Crippen molar-refractivity contribution >= 4 is 39.1 Å². The normalized spacial score (nSPS) is 12.8. The third kappa shape index (κ3) is 7.76. The van der Waals surface area contributed by atoms with Crippen LogP contribution in [-0.4, -0.2) is 50.9 Å². The molecule has 0 spiro atoms. The SMILES string of the molecule is CC[C@H](C)NC(=O)[C@H](C)N(Cc1cccc(OC)c1)C(=O)CN(c1cccc(Cl)c1)S(=O)(=O)c1ccc(C)cc1. The van der Waals surface area contributed by atoms with E-state index in [9.17, 15) is 18.0 Å². The van der Waals surface area contributed by atoms with Gasteiger partial charge in [-0.25, -0.2) is 8.42 Å². The highest BCUT2D eigenvalue weighted by Gasteiger charge is 2.33. The Labute approximate surface area is 241 Å². The van der Waals surface area contributed by atoms with Crippen LogP contribution in [0.1, 0.15) is 38.3 Å². The Balaban J connectivity index is 2.03. The maximum atomic E-state index is 14.0. The van der Waals surface area contributed by atoms with E-state index in [1.165, 1.54) is 23.1 Å². The molecule has 0 unspecified atom stereocenters. The van der Waals surface area contributed by atoms with Crippen LogP contribution in [0.4, 0.5) is 5.69 Å². The van der Waals surface area contributed by atoms with Gasteiger partial charge in [-0.1, -0.05) is 54.4 Å². The second-order valence-corrected chi connectivity index (χ2v) is 12.0. The number of rotatable bonds is 12. The molecule has 0 aliphatic rings. The van der Waals surface area contributed by atoms with Crippen molar-refractivity contribution in [2.75, 3.05) is 18.0 Å². The molecule has 1 N–H and O–H groups in total. The van der Waals surface area contributed by atoms with Crippen molar-refractivity contribution in [1.29, 1.82) is 0 Å². The van der Waals surface area contributed by atoms with Crippen LogP contribution in [-0.2, 0) is 26.2 Å². The van der Waals surface area contributed by atoms with Gasteiger partial charge in [0.1, 0.15) is 18.3 Å². The first kappa shape index (κ1) is 31.0. The minimum atomic E-state index is -4.16. The van der Waals surface area contributed by atoms with Crippen molar-refractivity contribution in [2.24, 2.45) is 0 Å². The van der Waals surface area contributed by atoms with Crippen LogP contribution in [0.5, 0.6) is 5.75 Å². The quantitative estimate of drug-likeness (QED) is 0.316. The minimum absolute atomic E-state index is 0.0350. The van der Waals surface area contributed by atoms with E-state index in [4.69, 9.17) is 16.3 Å². The lowest BCUT2D eigenvalue weighted by molar-refractivity contribution is -0.139. The summed E-state index contributed by atoms with van der Waals surface area (Å²) in [5.74, 6) is -0.282. The lowest BCUT2D eigenvalue weighted by Crippen LogP contribution is -2.52. The second kappa shape index (κ2) is 13.7. The summed E-state index contributed by atoms with van der Waals surface area (Å²) in [4.78, 5) is 28.5. The van der Waals surface area contributed by atoms with Crippen molar-refractivity contribution in [2.45, 2.75) is 57.6 Å². The lowest BCUT2D eigenvalue weighted by Gasteiger charge is -2.32. The Bertz CT molecular complexity index is 1430. The number of anilines is 1.